The number of likely N-dealkylation sites (tertiary alicyclic amines) is 1. The largest absolute Gasteiger partial charge is 0.378 e. The number of anilines is 1. The summed E-state index contributed by atoms with van der Waals surface area (Å²) in [5, 5.41) is 7.77. The van der Waals surface area contributed by atoms with Crippen LogP contribution in [0.3, 0.4) is 0 Å². The normalized spacial score (nSPS) is 17.6. The fraction of sp³-hybridized carbons (Fsp3) is 0.500. The quantitative estimate of drug-likeness (QED) is 0.662. The minimum absolute atomic E-state index is 0.532. The van der Waals surface area contributed by atoms with Crippen LogP contribution in [0.2, 0.25) is 0 Å². The Morgan fingerprint density at radius 1 is 1.38 bits per heavy atom. The van der Waals surface area contributed by atoms with Crippen molar-refractivity contribution < 1.29 is 0 Å². The smallest absolute Gasteiger partial charge is 0.194 e. The lowest BCUT2D eigenvalue weighted by Gasteiger charge is -2.21. The Morgan fingerprint density at radius 3 is 2.92 bits per heavy atom. The van der Waals surface area contributed by atoms with Gasteiger partial charge < -0.3 is 15.1 Å². The molecule has 1 unspecified atom stereocenters. The molecule has 1 aliphatic rings. The average Bonchev–Trinajstić information content (AvgIpc) is 3.28. The lowest BCUT2D eigenvalue weighted by Crippen LogP contribution is -2.40. The van der Waals surface area contributed by atoms with E-state index in [1.54, 1.807) is 0 Å². The molecule has 1 N–H and O–H groups in total. The zero-order valence-electron chi connectivity index (χ0n) is 16.3. The zero-order chi connectivity index (χ0) is 18.5. The van der Waals surface area contributed by atoms with E-state index in [9.17, 15) is 0 Å². The molecule has 6 nitrogen and oxygen atoms in total. The Kier molecular flexibility index (Phi) is 5.81. The van der Waals surface area contributed by atoms with Crippen LogP contribution in [-0.4, -0.2) is 54.4 Å². The fourth-order valence-electron chi connectivity index (χ4n) is 3.40. The van der Waals surface area contributed by atoms with Crippen LogP contribution in [0, 0.1) is 0 Å². The Hall–Kier alpha value is -2.50. The molecule has 1 aromatic carbocycles. The highest BCUT2D eigenvalue weighted by molar-refractivity contribution is 5.80. The third-order valence-electron chi connectivity index (χ3n) is 4.86. The van der Waals surface area contributed by atoms with E-state index in [1.807, 2.05) is 17.9 Å². The number of benzene rings is 1. The van der Waals surface area contributed by atoms with Crippen LogP contribution in [0.4, 0.5) is 5.69 Å². The van der Waals surface area contributed by atoms with Crippen molar-refractivity contribution in [2.45, 2.75) is 25.8 Å². The van der Waals surface area contributed by atoms with E-state index in [1.165, 1.54) is 16.8 Å². The third-order valence-corrected chi connectivity index (χ3v) is 4.86. The molecule has 2 heterocycles. The Morgan fingerprint density at radius 2 is 2.23 bits per heavy atom. The lowest BCUT2D eigenvalue weighted by atomic mass is 10.0. The van der Waals surface area contributed by atoms with Gasteiger partial charge in [-0.3, -0.25) is 4.68 Å². The molecule has 1 fully saturated rings. The zero-order valence-corrected chi connectivity index (χ0v) is 16.3. The number of aromatic nitrogens is 2. The number of hydrogen-bond donors (Lipinski definition) is 1. The van der Waals surface area contributed by atoms with Crippen LogP contribution in [0.25, 0.3) is 0 Å². The van der Waals surface area contributed by atoms with E-state index in [-0.39, 0.29) is 0 Å². The molecule has 2 aromatic rings. The van der Waals surface area contributed by atoms with Crippen LogP contribution in [0.1, 0.15) is 30.4 Å². The molecule has 1 atom stereocenters. The minimum atomic E-state index is 0.532. The lowest BCUT2D eigenvalue weighted by molar-refractivity contribution is 0.486. The number of guanidine groups is 1. The minimum Gasteiger partial charge on any atom is -0.378 e. The molecule has 0 aliphatic carbocycles. The van der Waals surface area contributed by atoms with Crippen molar-refractivity contribution >= 4 is 11.6 Å². The highest BCUT2D eigenvalue weighted by Crippen LogP contribution is 2.26. The van der Waals surface area contributed by atoms with E-state index in [2.05, 4.69) is 71.7 Å². The summed E-state index contributed by atoms with van der Waals surface area (Å²) in [6.45, 7) is 5.72. The molecular formula is C20H30N6. The molecule has 0 amide bonds. The third kappa shape index (κ3) is 4.36. The van der Waals surface area contributed by atoms with Crippen molar-refractivity contribution in [1.82, 2.24) is 20.0 Å². The first-order valence-corrected chi connectivity index (χ1v) is 9.35. The van der Waals surface area contributed by atoms with Crippen molar-refractivity contribution in [3.8, 4) is 0 Å². The molecule has 3 rings (SSSR count). The summed E-state index contributed by atoms with van der Waals surface area (Å²) >= 11 is 0. The number of rotatable bonds is 5. The summed E-state index contributed by atoms with van der Waals surface area (Å²) in [6, 6.07) is 8.57. The Bertz CT molecular complexity index is 748. The molecule has 1 saturated heterocycles. The molecule has 0 radical (unpaired) electrons. The molecule has 26 heavy (non-hydrogen) atoms. The molecule has 0 bridgehead atoms. The van der Waals surface area contributed by atoms with Gasteiger partial charge in [0.25, 0.3) is 0 Å². The standard InChI is InChI=1S/C20H30N6/c1-5-21-20(22-12-16-7-6-8-19(11-16)24(2)3)26-10-9-17(15-26)18-13-23-25(4)14-18/h6-8,11,13-14,17H,5,9-10,12,15H2,1-4H3,(H,21,22). The topological polar surface area (TPSA) is 48.7 Å². The molecule has 0 spiro atoms. The molecule has 1 aliphatic heterocycles. The summed E-state index contributed by atoms with van der Waals surface area (Å²) in [5.74, 6) is 1.54. The van der Waals surface area contributed by atoms with Crippen LogP contribution in [-0.2, 0) is 13.6 Å². The number of nitrogens with one attached hydrogen (secondary N) is 1. The first-order chi connectivity index (χ1) is 12.6. The molecular weight excluding hydrogens is 324 g/mol. The summed E-state index contributed by atoms with van der Waals surface area (Å²) < 4.78 is 1.88. The molecule has 1 aromatic heterocycles. The Labute approximate surface area is 156 Å². The molecule has 0 saturated carbocycles. The summed E-state index contributed by atoms with van der Waals surface area (Å²) in [5.41, 5.74) is 3.76. The maximum Gasteiger partial charge on any atom is 0.194 e. The maximum absolute atomic E-state index is 4.89. The van der Waals surface area contributed by atoms with E-state index < -0.39 is 0 Å². The molecule has 140 valence electrons. The predicted octanol–water partition coefficient (Wildman–Crippen LogP) is 2.44. The van der Waals surface area contributed by atoms with Gasteiger partial charge in [0, 0.05) is 58.6 Å². The number of aryl methyl sites for hydroxylation is 1. The van der Waals surface area contributed by atoms with E-state index in [4.69, 9.17) is 4.99 Å². The highest BCUT2D eigenvalue weighted by atomic mass is 15.3. The van der Waals surface area contributed by atoms with Gasteiger partial charge in [-0.2, -0.15) is 5.10 Å². The fourth-order valence-corrected chi connectivity index (χ4v) is 3.40. The second-order valence-corrected chi connectivity index (χ2v) is 7.11. The van der Waals surface area contributed by atoms with Gasteiger partial charge in [-0.1, -0.05) is 12.1 Å². The van der Waals surface area contributed by atoms with E-state index >= 15 is 0 Å². The van der Waals surface area contributed by atoms with Crippen LogP contribution >= 0.6 is 0 Å². The maximum atomic E-state index is 4.89. The predicted molar refractivity (Wildman–Crippen MR) is 108 cm³/mol. The van der Waals surface area contributed by atoms with Crippen LogP contribution in [0.5, 0.6) is 0 Å². The SMILES string of the molecule is CCNC(=NCc1cccc(N(C)C)c1)N1CCC(c2cnn(C)c2)C1. The van der Waals surface area contributed by atoms with Gasteiger partial charge in [0.2, 0.25) is 0 Å². The van der Waals surface area contributed by atoms with Crippen molar-refractivity contribution in [2.75, 3.05) is 38.6 Å². The Balaban J connectivity index is 1.69. The highest BCUT2D eigenvalue weighted by Gasteiger charge is 2.26. The van der Waals surface area contributed by atoms with Gasteiger partial charge >= 0.3 is 0 Å². The van der Waals surface area contributed by atoms with E-state index in [0.29, 0.717) is 12.5 Å². The first kappa shape index (κ1) is 18.3. The number of nitrogens with zero attached hydrogens (tertiary/aromatic N) is 5. The van der Waals surface area contributed by atoms with Crippen LogP contribution < -0.4 is 10.2 Å². The number of aliphatic imine (C=N–C) groups is 1. The monoisotopic (exact) mass is 354 g/mol. The number of hydrogen-bond acceptors (Lipinski definition) is 3. The van der Waals surface area contributed by atoms with Crippen molar-refractivity contribution in [1.29, 1.82) is 0 Å². The average molecular weight is 355 g/mol. The van der Waals surface area contributed by atoms with Gasteiger partial charge in [0.15, 0.2) is 5.96 Å². The molecule has 6 heteroatoms. The van der Waals surface area contributed by atoms with Crippen molar-refractivity contribution in [2.24, 2.45) is 12.0 Å². The second kappa shape index (κ2) is 8.25. The second-order valence-electron chi connectivity index (χ2n) is 7.11. The first-order valence-electron chi connectivity index (χ1n) is 9.35. The van der Waals surface area contributed by atoms with Gasteiger partial charge in [-0.15, -0.1) is 0 Å². The van der Waals surface area contributed by atoms with Crippen molar-refractivity contribution in [3.05, 3.63) is 47.8 Å². The van der Waals surface area contributed by atoms with Crippen molar-refractivity contribution in [3.63, 3.8) is 0 Å². The van der Waals surface area contributed by atoms with Gasteiger partial charge in [0.1, 0.15) is 0 Å². The van der Waals surface area contributed by atoms with E-state index in [0.717, 1.165) is 32.0 Å². The van der Waals surface area contributed by atoms with Gasteiger partial charge in [0.05, 0.1) is 12.7 Å². The van der Waals surface area contributed by atoms with Gasteiger partial charge in [-0.25, -0.2) is 4.99 Å². The van der Waals surface area contributed by atoms with Crippen LogP contribution in [0.15, 0.2) is 41.7 Å². The summed E-state index contributed by atoms with van der Waals surface area (Å²) in [6.07, 6.45) is 5.27. The van der Waals surface area contributed by atoms with Gasteiger partial charge in [-0.05, 0) is 36.6 Å². The summed E-state index contributed by atoms with van der Waals surface area (Å²) in [4.78, 5) is 9.39. The summed E-state index contributed by atoms with van der Waals surface area (Å²) in [7, 11) is 6.11.